The molecule has 29 heavy (non-hydrogen) atoms. The van der Waals surface area contributed by atoms with Crippen LogP contribution in [0.4, 0.5) is 13.2 Å². The Balaban J connectivity index is 1.43. The van der Waals surface area contributed by atoms with Gasteiger partial charge in [-0.2, -0.15) is 18.2 Å². The predicted molar refractivity (Wildman–Crippen MR) is 96.5 cm³/mol. The first-order valence-electron chi connectivity index (χ1n) is 8.35. The fourth-order valence-electron chi connectivity index (χ4n) is 2.80. The molecule has 0 bridgehead atoms. The number of thiophene rings is 1. The molecular formula is C17H12ClF3N4O3S. The number of rotatable bonds is 4. The van der Waals surface area contributed by atoms with Crippen LogP contribution < -0.4 is 4.74 Å². The van der Waals surface area contributed by atoms with E-state index in [0.29, 0.717) is 30.1 Å². The number of alkyl halides is 3. The molecule has 0 atom stereocenters. The van der Waals surface area contributed by atoms with E-state index in [9.17, 15) is 18.0 Å². The Hall–Kier alpha value is -2.66. The van der Waals surface area contributed by atoms with Gasteiger partial charge in [0.1, 0.15) is 0 Å². The molecule has 0 unspecified atom stereocenters. The first-order chi connectivity index (χ1) is 13.8. The van der Waals surface area contributed by atoms with Gasteiger partial charge in [-0.25, -0.2) is 4.98 Å². The fraction of sp³-hybridized carbons (Fsp3) is 0.294. The van der Waals surface area contributed by atoms with Crippen LogP contribution >= 0.6 is 22.9 Å². The summed E-state index contributed by atoms with van der Waals surface area (Å²) in [4.78, 5) is 22.8. The Labute approximate surface area is 171 Å². The van der Waals surface area contributed by atoms with Crippen molar-refractivity contribution in [3.8, 4) is 16.5 Å². The number of fused-ring (bicyclic) bond motifs is 1. The van der Waals surface area contributed by atoms with Gasteiger partial charge in [0.15, 0.2) is 17.5 Å². The minimum absolute atomic E-state index is 0.121. The van der Waals surface area contributed by atoms with Crippen LogP contribution in [0.3, 0.4) is 0 Å². The molecule has 1 aliphatic rings. The first kappa shape index (κ1) is 19.6. The standard InChI is InChI=1S/C17H12ClF3N4O3S/c18-14-10(2-1-4-22-14)27-8-13(26)25-5-3-11-9(7-25)6-12(29-11)15-23-16(28-24-15)17(19,20)21/h1-2,4,6H,3,5,7-8H2. The molecule has 0 aliphatic carbocycles. The SMILES string of the molecule is O=C(COc1cccnc1Cl)N1CCc2sc(-c3noc(C(F)(F)F)n3)cc2C1. The molecule has 3 aromatic heterocycles. The van der Waals surface area contributed by atoms with Gasteiger partial charge >= 0.3 is 12.1 Å². The number of aromatic nitrogens is 3. The van der Waals surface area contributed by atoms with Crippen LogP contribution in [0.1, 0.15) is 16.3 Å². The smallest absolute Gasteiger partial charge is 0.471 e. The van der Waals surface area contributed by atoms with E-state index in [-0.39, 0.29) is 23.5 Å². The average Bonchev–Trinajstić information content (AvgIpc) is 3.33. The largest absolute Gasteiger partial charge is 0.481 e. The third-order valence-electron chi connectivity index (χ3n) is 4.18. The zero-order chi connectivity index (χ0) is 20.6. The molecule has 0 radical (unpaired) electrons. The van der Waals surface area contributed by atoms with Crippen molar-refractivity contribution < 1.29 is 27.2 Å². The summed E-state index contributed by atoms with van der Waals surface area (Å²) in [5.74, 6) is -1.43. The van der Waals surface area contributed by atoms with Crippen LogP contribution in [0.2, 0.25) is 5.15 Å². The Morgan fingerprint density at radius 1 is 1.41 bits per heavy atom. The summed E-state index contributed by atoms with van der Waals surface area (Å²) in [5.41, 5.74) is 0.836. The van der Waals surface area contributed by atoms with E-state index in [0.717, 1.165) is 10.4 Å². The van der Waals surface area contributed by atoms with Crippen LogP contribution in [-0.4, -0.2) is 39.1 Å². The highest BCUT2D eigenvalue weighted by Crippen LogP contribution is 2.35. The second kappa shape index (κ2) is 7.64. The van der Waals surface area contributed by atoms with Crippen molar-refractivity contribution in [2.75, 3.05) is 13.2 Å². The summed E-state index contributed by atoms with van der Waals surface area (Å²) in [6, 6.07) is 4.94. The van der Waals surface area contributed by atoms with Gasteiger partial charge in [-0.15, -0.1) is 11.3 Å². The zero-order valence-electron chi connectivity index (χ0n) is 14.6. The van der Waals surface area contributed by atoms with Crippen molar-refractivity contribution in [3.63, 3.8) is 0 Å². The monoisotopic (exact) mass is 444 g/mol. The van der Waals surface area contributed by atoms with Crippen molar-refractivity contribution in [2.24, 2.45) is 0 Å². The minimum Gasteiger partial charge on any atom is -0.481 e. The first-order valence-corrected chi connectivity index (χ1v) is 9.54. The number of pyridine rings is 1. The molecule has 1 aliphatic heterocycles. The molecule has 7 nitrogen and oxygen atoms in total. The number of carbonyl (C=O) groups is 1. The quantitative estimate of drug-likeness (QED) is 0.569. The van der Waals surface area contributed by atoms with Gasteiger partial charge in [0.25, 0.3) is 5.91 Å². The summed E-state index contributed by atoms with van der Waals surface area (Å²) < 4.78 is 47.6. The predicted octanol–water partition coefficient (Wildman–Crippen LogP) is 3.83. The number of hydrogen-bond donors (Lipinski definition) is 0. The van der Waals surface area contributed by atoms with Crippen molar-refractivity contribution in [2.45, 2.75) is 19.1 Å². The Bertz CT molecular complexity index is 1050. The summed E-state index contributed by atoms with van der Waals surface area (Å²) in [5, 5.41) is 3.58. The maximum atomic E-state index is 12.6. The molecule has 0 saturated carbocycles. The number of nitrogens with zero attached hydrogens (tertiary/aromatic N) is 4. The van der Waals surface area contributed by atoms with Crippen molar-refractivity contribution >= 4 is 28.8 Å². The van der Waals surface area contributed by atoms with Crippen LogP contribution in [0.15, 0.2) is 28.9 Å². The molecule has 0 spiro atoms. The van der Waals surface area contributed by atoms with E-state index in [1.165, 1.54) is 17.5 Å². The minimum atomic E-state index is -4.69. The van der Waals surface area contributed by atoms with E-state index in [4.69, 9.17) is 16.3 Å². The van der Waals surface area contributed by atoms with Crippen molar-refractivity contribution in [3.05, 3.63) is 45.9 Å². The van der Waals surface area contributed by atoms with Gasteiger partial charge in [-0.05, 0) is 30.2 Å². The van der Waals surface area contributed by atoms with Gasteiger partial charge in [-0.3, -0.25) is 4.79 Å². The van der Waals surface area contributed by atoms with Gasteiger partial charge < -0.3 is 14.2 Å². The molecule has 0 saturated heterocycles. The van der Waals surface area contributed by atoms with E-state index in [2.05, 4.69) is 19.6 Å². The lowest BCUT2D eigenvalue weighted by Crippen LogP contribution is -2.38. The Kier molecular flexibility index (Phi) is 5.17. The van der Waals surface area contributed by atoms with Crippen molar-refractivity contribution in [1.29, 1.82) is 0 Å². The number of carbonyl (C=O) groups excluding carboxylic acids is 1. The van der Waals surface area contributed by atoms with Gasteiger partial charge in [0.2, 0.25) is 5.82 Å². The van der Waals surface area contributed by atoms with Gasteiger partial charge in [0.05, 0.1) is 4.88 Å². The molecule has 0 aromatic carbocycles. The second-order valence-corrected chi connectivity index (χ2v) is 7.62. The second-order valence-electron chi connectivity index (χ2n) is 6.13. The van der Waals surface area contributed by atoms with Gasteiger partial charge in [-0.1, -0.05) is 16.8 Å². The van der Waals surface area contributed by atoms with Crippen molar-refractivity contribution in [1.82, 2.24) is 20.0 Å². The fourth-order valence-corrected chi connectivity index (χ4v) is 4.07. The summed E-state index contributed by atoms with van der Waals surface area (Å²) in [7, 11) is 0. The Morgan fingerprint density at radius 2 is 2.24 bits per heavy atom. The zero-order valence-corrected chi connectivity index (χ0v) is 16.1. The number of halogens is 4. The lowest BCUT2D eigenvalue weighted by atomic mass is 10.1. The lowest BCUT2D eigenvalue weighted by molar-refractivity contribution is -0.159. The normalized spacial score (nSPS) is 14.0. The van der Waals surface area contributed by atoms with E-state index < -0.39 is 12.1 Å². The number of hydrogen-bond acceptors (Lipinski definition) is 7. The number of amides is 1. The van der Waals surface area contributed by atoms with Crippen LogP contribution in [0, 0.1) is 0 Å². The van der Waals surface area contributed by atoms with Crippen LogP contribution in [0.5, 0.6) is 5.75 Å². The van der Waals surface area contributed by atoms with E-state index in [1.54, 1.807) is 23.1 Å². The molecule has 4 rings (SSSR count). The molecule has 4 heterocycles. The maximum absolute atomic E-state index is 12.6. The molecular weight excluding hydrogens is 433 g/mol. The average molecular weight is 445 g/mol. The van der Waals surface area contributed by atoms with Crippen LogP contribution in [-0.2, 0) is 23.9 Å². The molecule has 12 heteroatoms. The van der Waals surface area contributed by atoms with Gasteiger partial charge in [0, 0.05) is 24.2 Å². The molecule has 3 aromatic rings. The maximum Gasteiger partial charge on any atom is 0.471 e. The van der Waals surface area contributed by atoms with E-state index >= 15 is 0 Å². The third kappa shape index (κ3) is 4.20. The number of ether oxygens (including phenoxy) is 1. The summed E-state index contributed by atoms with van der Waals surface area (Å²) in [6.07, 6.45) is -2.61. The molecule has 0 fully saturated rings. The molecule has 152 valence electrons. The Morgan fingerprint density at radius 3 is 2.97 bits per heavy atom. The molecule has 0 N–H and O–H groups in total. The molecule has 1 amide bonds. The summed E-state index contributed by atoms with van der Waals surface area (Å²) in [6.45, 7) is 0.590. The highest BCUT2D eigenvalue weighted by atomic mass is 35.5. The lowest BCUT2D eigenvalue weighted by Gasteiger charge is -2.26. The highest BCUT2D eigenvalue weighted by Gasteiger charge is 2.38. The third-order valence-corrected chi connectivity index (χ3v) is 5.70. The highest BCUT2D eigenvalue weighted by molar-refractivity contribution is 7.15. The van der Waals surface area contributed by atoms with Crippen LogP contribution in [0.25, 0.3) is 10.7 Å². The topological polar surface area (TPSA) is 81.4 Å². The van der Waals surface area contributed by atoms with E-state index in [1.807, 2.05) is 0 Å². The summed E-state index contributed by atoms with van der Waals surface area (Å²) >= 11 is 7.19.